The van der Waals surface area contributed by atoms with Crippen LogP contribution in [0.3, 0.4) is 0 Å². The largest absolute Gasteiger partial charge is 0.493 e. The highest BCUT2D eigenvalue weighted by Gasteiger charge is 2.17. The van der Waals surface area contributed by atoms with Crippen LogP contribution in [0.15, 0.2) is 42.7 Å². The predicted molar refractivity (Wildman–Crippen MR) is 123 cm³/mol. The Kier molecular flexibility index (Phi) is 9.55. The van der Waals surface area contributed by atoms with E-state index in [2.05, 4.69) is 27.1 Å². The molecule has 7 nitrogen and oxygen atoms in total. The van der Waals surface area contributed by atoms with Gasteiger partial charge in [0.1, 0.15) is 12.7 Å². The minimum Gasteiger partial charge on any atom is -0.493 e. The summed E-state index contributed by atoms with van der Waals surface area (Å²) in [6.07, 6.45) is 5.20. The molecule has 2 heterocycles. The first-order valence-electron chi connectivity index (χ1n) is 11.1. The Hall–Kier alpha value is -2.19. The van der Waals surface area contributed by atoms with E-state index in [4.69, 9.17) is 9.47 Å². The van der Waals surface area contributed by atoms with Crippen molar-refractivity contribution in [2.75, 3.05) is 60.0 Å². The van der Waals surface area contributed by atoms with Gasteiger partial charge in [-0.1, -0.05) is 6.07 Å². The zero-order chi connectivity index (χ0) is 21.9. The maximum Gasteiger partial charge on any atom is 0.161 e. The molecule has 7 heteroatoms. The van der Waals surface area contributed by atoms with E-state index in [1.165, 1.54) is 5.56 Å². The molecule has 1 atom stereocenters. The fourth-order valence-corrected chi connectivity index (χ4v) is 3.78. The average Bonchev–Trinajstić information content (AvgIpc) is 3.00. The number of pyridine rings is 1. The quantitative estimate of drug-likeness (QED) is 0.529. The molecule has 31 heavy (non-hydrogen) atoms. The molecule has 1 aromatic carbocycles. The van der Waals surface area contributed by atoms with Gasteiger partial charge in [-0.05, 0) is 74.9 Å². The lowest BCUT2D eigenvalue weighted by atomic mass is 10.1. The summed E-state index contributed by atoms with van der Waals surface area (Å²) in [5.74, 6) is 1.36. The molecule has 1 saturated heterocycles. The van der Waals surface area contributed by atoms with E-state index in [-0.39, 0.29) is 6.61 Å². The summed E-state index contributed by atoms with van der Waals surface area (Å²) in [6, 6.07) is 10.0. The van der Waals surface area contributed by atoms with Gasteiger partial charge in [0.2, 0.25) is 0 Å². The average molecular weight is 429 g/mol. The second kappa shape index (κ2) is 12.6. The predicted octanol–water partition coefficient (Wildman–Crippen LogP) is 1.80. The first-order chi connectivity index (χ1) is 15.1. The number of likely N-dealkylation sites (N-methyl/N-ethyl adjacent to an activating group) is 1. The first kappa shape index (κ1) is 23.5. The standard InChI is InChI=1S/C24H36N4O3/c1-27-12-3-13-28(15-14-27)18-22(29)19-31-24-16-21(4-5-23(24)30-2)17-26-11-8-20-6-9-25-10-7-20/h4-7,9-10,16,22,26,29H,3,8,11-15,17-19H2,1-2H3/t22-/m0/s1. The normalized spacial score (nSPS) is 16.6. The van der Waals surface area contributed by atoms with Crippen molar-refractivity contribution < 1.29 is 14.6 Å². The van der Waals surface area contributed by atoms with Crippen LogP contribution in [0.1, 0.15) is 17.5 Å². The van der Waals surface area contributed by atoms with Gasteiger partial charge in [-0.25, -0.2) is 0 Å². The third kappa shape index (κ3) is 8.10. The topological polar surface area (TPSA) is 70.1 Å². The number of β-amino-alcohol motifs (C(OH)–C–C–N with tert-alkyl or cyclic N) is 1. The molecule has 0 aliphatic carbocycles. The SMILES string of the molecule is COc1ccc(CNCCc2ccncc2)cc1OC[C@@H](O)CN1CCCN(C)CC1. The Morgan fingerprint density at radius 3 is 2.71 bits per heavy atom. The van der Waals surface area contributed by atoms with Crippen LogP contribution in [0.4, 0.5) is 0 Å². The van der Waals surface area contributed by atoms with Crippen molar-refractivity contribution in [1.29, 1.82) is 0 Å². The number of benzene rings is 1. The monoisotopic (exact) mass is 428 g/mol. The van der Waals surface area contributed by atoms with E-state index >= 15 is 0 Å². The summed E-state index contributed by atoms with van der Waals surface area (Å²) in [7, 11) is 3.79. The van der Waals surface area contributed by atoms with Crippen LogP contribution in [0.5, 0.6) is 11.5 Å². The highest BCUT2D eigenvalue weighted by atomic mass is 16.5. The highest BCUT2D eigenvalue weighted by molar-refractivity contribution is 5.43. The smallest absolute Gasteiger partial charge is 0.161 e. The Labute approximate surface area is 186 Å². The van der Waals surface area contributed by atoms with Crippen molar-refractivity contribution in [3.63, 3.8) is 0 Å². The number of ether oxygens (including phenoxy) is 2. The number of rotatable bonds is 11. The van der Waals surface area contributed by atoms with E-state index in [9.17, 15) is 5.11 Å². The van der Waals surface area contributed by atoms with Crippen molar-refractivity contribution in [3.05, 3.63) is 53.9 Å². The van der Waals surface area contributed by atoms with Crippen molar-refractivity contribution in [3.8, 4) is 11.5 Å². The van der Waals surface area contributed by atoms with Gasteiger partial charge in [0.15, 0.2) is 11.5 Å². The van der Waals surface area contributed by atoms with E-state index in [0.29, 0.717) is 18.0 Å². The lowest BCUT2D eigenvalue weighted by molar-refractivity contribution is 0.0685. The van der Waals surface area contributed by atoms with Crippen molar-refractivity contribution in [1.82, 2.24) is 20.1 Å². The third-order valence-electron chi connectivity index (χ3n) is 5.61. The number of hydrogen-bond donors (Lipinski definition) is 2. The van der Waals surface area contributed by atoms with Crippen molar-refractivity contribution in [2.24, 2.45) is 0 Å². The van der Waals surface area contributed by atoms with E-state index < -0.39 is 6.10 Å². The number of aliphatic hydroxyl groups is 1. The molecule has 0 unspecified atom stereocenters. The molecule has 1 fully saturated rings. The van der Waals surface area contributed by atoms with Crippen LogP contribution in [-0.4, -0.2) is 86.0 Å². The summed E-state index contributed by atoms with van der Waals surface area (Å²) in [5, 5.41) is 14.0. The van der Waals surface area contributed by atoms with Gasteiger partial charge in [-0.2, -0.15) is 0 Å². The number of aromatic nitrogens is 1. The Morgan fingerprint density at radius 2 is 1.90 bits per heavy atom. The molecule has 1 aliphatic rings. The van der Waals surface area contributed by atoms with Gasteiger partial charge >= 0.3 is 0 Å². The first-order valence-corrected chi connectivity index (χ1v) is 11.1. The zero-order valence-electron chi connectivity index (χ0n) is 18.8. The molecule has 0 saturated carbocycles. The zero-order valence-corrected chi connectivity index (χ0v) is 18.8. The minimum absolute atomic E-state index is 0.252. The lowest BCUT2D eigenvalue weighted by Gasteiger charge is -2.23. The van der Waals surface area contributed by atoms with Crippen molar-refractivity contribution in [2.45, 2.75) is 25.5 Å². The van der Waals surface area contributed by atoms with Gasteiger partial charge < -0.3 is 24.8 Å². The minimum atomic E-state index is -0.532. The molecule has 3 rings (SSSR count). The molecule has 1 aromatic heterocycles. The van der Waals surface area contributed by atoms with Gasteiger partial charge in [0, 0.05) is 38.6 Å². The third-order valence-corrected chi connectivity index (χ3v) is 5.61. The number of aliphatic hydroxyl groups excluding tert-OH is 1. The number of nitrogens with zero attached hydrogens (tertiary/aromatic N) is 3. The summed E-state index contributed by atoms with van der Waals surface area (Å²) >= 11 is 0. The summed E-state index contributed by atoms with van der Waals surface area (Å²) in [4.78, 5) is 8.70. The second-order valence-electron chi connectivity index (χ2n) is 8.19. The fourth-order valence-electron chi connectivity index (χ4n) is 3.78. The van der Waals surface area contributed by atoms with Gasteiger partial charge in [-0.15, -0.1) is 0 Å². The summed E-state index contributed by atoms with van der Waals surface area (Å²) < 4.78 is 11.4. The molecule has 1 aliphatic heterocycles. The van der Waals surface area contributed by atoms with Crippen LogP contribution < -0.4 is 14.8 Å². The van der Waals surface area contributed by atoms with Crippen LogP contribution in [-0.2, 0) is 13.0 Å². The summed E-state index contributed by atoms with van der Waals surface area (Å²) in [5.41, 5.74) is 2.39. The van der Waals surface area contributed by atoms with E-state index in [1.807, 2.05) is 42.7 Å². The molecular formula is C24H36N4O3. The highest BCUT2D eigenvalue weighted by Crippen LogP contribution is 2.28. The van der Waals surface area contributed by atoms with Crippen LogP contribution in [0.2, 0.25) is 0 Å². The molecule has 2 aromatic rings. The van der Waals surface area contributed by atoms with Crippen LogP contribution in [0, 0.1) is 0 Å². The number of nitrogens with one attached hydrogen (secondary N) is 1. The molecule has 0 spiro atoms. The molecule has 0 bridgehead atoms. The second-order valence-corrected chi connectivity index (χ2v) is 8.19. The number of methoxy groups -OCH3 is 1. The maximum absolute atomic E-state index is 10.5. The fraction of sp³-hybridized carbons (Fsp3) is 0.542. The van der Waals surface area contributed by atoms with E-state index in [1.54, 1.807) is 7.11 Å². The molecule has 0 radical (unpaired) electrons. The molecule has 170 valence electrons. The molecule has 2 N–H and O–H groups in total. The van der Waals surface area contributed by atoms with Gasteiger partial charge in [0.25, 0.3) is 0 Å². The Bertz CT molecular complexity index is 775. The van der Waals surface area contributed by atoms with Crippen LogP contribution >= 0.6 is 0 Å². The van der Waals surface area contributed by atoms with Crippen LogP contribution in [0.25, 0.3) is 0 Å². The molecular weight excluding hydrogens is 392 g/mol. The maximum atomic E-state index is 10.5. The Morgan fingerprint density at radius 1 is 1.06 bits per heavy atom. The Balaban J connectivity index is 1.45. The van der Waals surface area contributed by atoms with Crippen molar-refractivity contribution >= 4 is 0 Å². The van der Waals surface area contributed by atoms with Gasteiger partial charge in [-0.3, -0.25) is 9.88 Å². The molecule has 0 amide bonds. The number of hydrogen-bond acceptors (Lipinski definition) is 7. The van der Waals surface area contributed by atoms with E-state index in [0.717, 1.165) is 57.7 Å². The van der Waals surface area contributed by atoms with Gasteiger partial charge in [0.05, 0.1) is 7.11 Å². The lowest BCUT2D eigenvalue weighted by Crippen LogP contribution is -2.37. The summed E-state index contributed by atoms with van der Waals surface area (Å²) in [6.45, 7) is 6.67.